The zero-order chi connectivity index (χ0) is 5.21. The van der Waals surface area contributed by atoms with Gasteiger partial charge in [-0.05, 0) is 0 Å². The third kappa shape index (κ3) is 4.47. The molecule has 1 N–H and O–H groups in total. The Balaban J connectivity index is 3.17. The van der Waals surface area contributed by atoms with E-state index in [-0.39, 0.29) is 0 Å². The van der Waals surface area contributed by atoms with Crippen molar-refractivity contribution in [1.29, 1.82) is 0 Å². The lowest BCUT2D eigenvalue weighted by Crippen LogP contribution is -2.10. The van der Waals surface area contributed by atoms with Crippen molar-refractivity contribution in [3.05, 3.63) is 0 Å². The van der Waals surface area contributed by atoms with Gasteiger partial charge in [-0.25, -0.2) is 4.39 Å². The maximum atomic E-state index is 11.5. The molecule has 0 bridgehead atoms. The summed E-state index contributed by atoms with van der Waals surface area (Å²) in [4.78, 5) is 0. The first-order valence-corrected chi connectivity index (χ1v) is 2.03. The molecule has 37 valence electrons. The van der Waals surface area contributed by atoms with E-state index in [0.29, 0.717) is 0 Å². The molecule has 1 radical (unpaired) electrons. The molecule has 0 fully saturated rings. The summed E-state index contributed by atoms with van der Waals surface area (Å²) in [6.45, 7) is -0.615. The van der Waals surface area contributed by atoms with Crippen LogP contribution in [0.2, 0.25) is 0 Å². The predicted molar refractivity (Wildman–Crippen MR) is 23.5 cm³/mol. The van der Waals surface area contributed by atoms with Crippen molar-refractivity contribution in [3.63, 3.8) is 0 Å². The van der Waals surface area contributed by atoms with Crippen LogP contribution < -0.4 is 5.73 Å². The zero-order valence-corrected chi connectivity index (χ0v) is 4.35. The Morgan fingerprint density at radius 2 is 1.83 bits per heavy atom. The summed E-state index contributed by atoms with van der Waals surface area (Å²) in [5.41, 5.74) is 6.22. The Morgan fingerprint density at radius 3 is 1.83 bits per heavy atom. The van der Waals surface area contributed by atoms with Crippen LogP contribution in [0.1, 0.15) is 0 Å². The van der Waals surface area contributed by atoms with Crippen LogP contribution in [-0.4, -0.2) is 11.1 Å². The highest BCUT2D eigenvalue weighted by Gasteiger charge is 2.18. The van der Waals surface area contributed by atoms with Crippen molar-refractivity contribution in [2.45, 2.75) is 4.59 Å². The molecule has 0 aromatic heterocycles. The number of rotatable bonds is 1. The first kappa shape index (κ1) is 6.47. The molecule has 0 atom stereocenters. The maximum absolute atomic E-state index is 11.5. The largest absolute Gasteiger partial charge is 0.271 e. The molecule has 6 heavy (non-hydrogen) atoms. The molecule has 0 saturated carbocycles. The van der Waals surface area contributed by atoms with Gasteiger partial charge >= 0.3 is 0 Å². The molecule has 1 nitrogen and oxygen atoms in total. The van der Waals surface area contributed by atoms with Crippen molar-refractivity contribution < 1.29 is 4.39 Å². The fraction of sp³-hybridized carbons (Fsp3) is 1.00. The molecule has 0 rings (SSSR count). The van der Waals surface area contributed by atoms with Crippen molar-refractivity contribution >= 4 is 23.2 Å². The van der Waals surface area contributed by atoms with Crippen LogP contribution in [0.25, 0.3) is 0 Å². The summed E-state index contributed by atoms with van der Waals surface area (Å²) in [5, 5.41) is 0. The molecule has 0 aromatic carbocycles. The second-order valence-electron chi connectivity index (χ2n) is 0.792. The highest BCUT2D eigenvalue weighted by molar-refractivity contribution is 6.47. The standard InChI is InChI=1S/C2H3Cl2FN/c3-2(4,5)1-6/h6H,1H2. The fourth-order valence-corrected chi connectivity index (χ4v) is 0. The van der Waals surface area contributed by atoms with Crippen molar-refractivity contribution in [2.75, 3.05) is 6.54 Å². The van der Waals surface area contributed by atoms with Crippen molar-refractivity contribution in [2.24, 2.45) is 0 Å². The Labute approximate surface area is 45.2 Å². The molecule has 0 saturated heterocycles. The first-order chi connectivity index (χ1) is 2.56. The third-order valence-electron chi connectivity index (χ3n) is 0.200. The summed E-state index contributed by atoms with van der Waals surface area (Å²) in [6.07, 6.45) is 0. The normalized spacial score (nSPS) is 12.0. The summed E-state index contributed by atoms with van der Waals surface area (Å²) < 4.78 is 9.11. The molecule has 0 aromatic rings. The number of halogens is 3. The minimum atomic E-state index is -2.35. The highest BCUT2D eigenvalue weighted by atomic mass is 35.5. The lowest BCUT2D eigenvalue weighted by molar-refractivity contribution is 0.398. The molecule has 4 heteroatoms. The van der Waals surface area contributed by atoms with Crippen LogP contribution >= 0.6 is 23.2 Å². The van der Waals surface area contributed by atoms with Crippen LogP contribution in [0.5, 0.6) is 0 Å². The van der Waals surface area contributed by atoms with E-state index in [4.69, 9.17) is 5.73 Å². The summed E-state index contributed by atoms with van der Waals surface area (Å²) in [6, 6.07) is 0. The van der Waals surface area contributed by atoms with Gasteiger partial charge in [0.1, 0.15) is 0 Å². The van der Waals surface area contributed by atoms with Crippen LogP contribution in [0.15, 0.2) is 0 Å². The minimum Gasteiger partial charge on any atom is -0.252 e. The molecule has 0 aliphatic heterocycles. The molecule has 0 amide bonds. The van der Waals surface area contributed by atoms with E-state index >= 15 is 0 Å². The van der Waals surface area contributed by atoms with E-state index in [1.807, 2.05) is 0 Å². The molecule has 0 aliphatic carbocycles. The van der Waals surface area contributed by atoms with Gasteiger partial charge in [-0.1, -0.05) is 23.2 Å². The van der Waals surface area contributed by atoms with E-state index in [2.05, 4.69) is 23.2 Å². The lowest BCUT2D eigenvalue weighted by Gasteiger charge is -1.99. The van der Waals surface area contributed by atoms with Gasteiger partial charge in [-0.15, -0.1) is 0 Å². The van der Waals surface area contributed by atoms with Gasteiger partial charge < -0.3 is 0 Å². The average molecular weight is 131 g/mol. The van der Waals surface area contributed by atoms with Gasteiger partial charge in [0.2, 0.25) is 0 Å². The average Bonchev–Trinajstić information content (AvgIpc) is 1.35. The van der Waals surface area contributed by atoms with Crippen molar-refractivity contribution in [1.82, 2.24) is 5.73 Å². The van der Waals surface area contributed by atoms with Gasteiger partial charge in [0.25, 0.3) is 4.59 Å². The van der Waals surface area contributed by atoms with Crippen LogP contribution in [0.3, 0.4) is 0 Å². The molecular weight excluding hydrogens is 128 g/mol. The molecule has 0 spiro atoms. The highest BCUT2D eigenvalue weighted by Crippen LogP contribution is 2.19. The van der Waals surface area contributed by atoms with E-state index < -0.39 is 11.1 Å². The number of hydrogen-bond acceptors (Lipinski definition) is 0. The Bertz CT molecular complexity index is 41.3. The number of alkyl halides is 3. The molecule has 0 aliphatic rings. The molecule has 0 unspecified atom stereocenters. The number of hydrogen-bond donors (Lipinski definition) is 0. The third-order valence-corrected chi connectivity index (χ3v) is 0.468. The van der Waals surface area contributed by atoms with E-state index in [1.54, 1.807) is 0 Å². The van der Waals surface area contributed by atoms with Gasteiger partial charge in [0, 0.05) is 0 Å². The van der Waals surface area contributed by atoms with Gasteiger partial charge in [0.05, 0.1) is 6.54 Å². The van der Waals surface area contributed by atoms with Crippen molar-refractivity contribution in [3.8, 4) is 0 Å². The Hall–Kier alpha value is 0.470. The molecule has 0 heterocycles. The van der Waals surface area contributed by atoms with E-state index in [9.17, 15) is 4.39 Å². The summed E-state index contributed by atoms with van der Waals surface area (Å²) in [7, 11) is 0. The van der Waals surface area contributed by atoms with Gasteiger partial charge in [-0.2, -0.15) is 0 Å². The minimum absolute atomic E-state index is 0.615. The summed E-state index contributed by atoms with van der Waals surface area (Å²) >= 11 is 9.26. The van der Waals surface area contributed by atoms with Crippen LogP contribution in [0.4, 0.5) is 4.39 Å². The van der Waals surface area contributed by atoms with Crippen LogP contribution in [-0.2, 0) is 0 Å². The quantitative estimate of drug-likeness (QED) is 0.480. The van der Waals surface area contributed by atoms with Gasteiger partial charge in [0.15, 0.2) is 0 Å². The topological polar surface area (TPSA) is 23.8 Å². The second kappa shape index (κ2) is 1.96. The van der Waals surface area contributed by atoms with E-state index in [1.165, 1.54) is 0 Å². The predicted octanol–water partition coefficient (Wildman–Crippen LogP) is 1.37. The smallest absolute Gasteiger partial charge is 0.252 e. The maximum Gasteiger partial charge on any atom is 0.271 e. The monoisotopic (exact) mass is 130 g/mol. The summed E-state index contributed by atoms with van der Waals surface area (Å²) in [5.74, 6) is 0. The Kier molecular flexibility index (Phi) is 2.11. The SMILES string of the molecule is [NH]CC(F)(Cl)Cl. The number of nitrogens with one attached hydrogen (secondary N) is 1. The van der Waals surface area contributed by atoms with Gasteiger partial charge in [-0.3, -0.25) is 5.73 Å². The first-order valence-electron chi connectivity index (χ1n) is 1.27. The fourth-order valence-electron chi connectivity index (χ4n) is 0. The van der Waals surface area contributed by atoms with Crippen LogP contribution in [0, 0.1) is 0 Å². The zero-order valence-electron chi connectivity index (χ0n) is 2.84. The Morgan fingerprint density at radius 1 is 1.67 bits per heavy atom. The van der Waals surface area contributed by atoms with E-state index in [0.717, 1.165) is 0 Å². The lowest BCUT2D eigenvalue weighted by atomic mass is 10.8. The molecular formula is C2H3Cl2FN. The second-order valence-corrected chi connectivity index (χ2v) is 2.18.